The molecule has 2 rings (SSSR count). The van der Waals surface area contributed by atoms with Gasteiger partial charge in [-0.3, -0.25) is 0 Å². The van der Waals surface area contributed by atoms with Crippen LogP contribution in [0.15, 0.2) is 24.3 Å². The summed E-state index contributed by atoms with van der Waals surface area (Å²) in [5.74, 6) is 1.69. The Balaban J connectivity index is 1.86. The van der Waals surface area contributed by atoms with Crippen molar-refractivity contribution >= 4 is 0 Å². The summed E-state index contributed by atoms with van der Waals surface area (Å²) in [6.45, 7) is 2.85. The lowest BCUT2D eigenvalue weighted by molar-refractivity contribution is 0.170. The van der Waals surface area contributed by atoms with E-state index in [1.165, 1.54) is 25.7 Å². The van der Waals surface area contributed by atoms with Crippen molar-refractivity contribution in [2.24, 2.45) is 5.92 Å². The van der Waals surface area contributed by atoms with Crippen LogP contribution in [0.25, 0.3) is 0 Å². The summed E-state index contributed by atoms with van der Waals surface area (Å²) in [6.07, 6.45) is 6.62. The van der Waals surface area contributed by atoms with Crippen LogP contribution >= 0.6 is 0 Å². The standard InChI is InChI=1S/C16H24O2/c1-2-15(17)10-14-8-5-9-16(11-14)18-12-13-6-3-4-7-13/h5,8-9,11,13,15,17H,2-4,6-7,10,12H2,1H3/t15-/m1/s1. The molecule has 0 unspecified atom stereocenters. The van der Waals surface area contributed by atoms with Crippen LogP contribution in [0.3, 0.4) is 0 Å². The minimum atomic E-state index is -0.241. The van der Waals surface area contributed by atoms with Crippen LogP contribution in [0.4, 0.5) is 0 Å². The molecule has 2 nitrogen and oxygen atoms in total. The molecule has 0 radical (unpaired) electrons. The maximum atomic E-state index is 9.66. The third kappa shape index (κ3) is 4.02. The van der Waals surface area contributed by atoms with E-state index in [0.717, 1.165) is 36.7 Å². The first kappa shape index (κ1) is 13.4. The highest BCUT2D eigenvalue weighted by Crippen LogP contribution is 2.26. The SMILES string of the molecule is CC[C@@H](O)Cc1cccc(OCC2CCCC2)c1. The third-order valence-corrected chi connectivity index (χ3v) is 3.80. The van der Waals surface area contributed by atoms with Gasteiger partial charge in [-0.25, -0.2) is 0 Å². The van der Waals surface area contributed by atoms with Gasteiger partial charge in [0, 0.05) is 0 Å². The molecule has 0 spiro atoms. The Hall–Kier alpha value is -1.02. The fourth-order valence-corrected chi connectivity index (χ4v) is 2.57. The van der Waals surface area contributed by atoms with Gasteiger partial charge < -0.3 is 9.84 Å². The quantitative estimate of drug-likeness (QED) is 0.834. The van der Waals surface area contributed by atoms with Gasteiger partial charge in [0.15, 0.2) is 0 Å². The molecule has 1 aliphatic carbocycles. The van der Waals surface area contributed by atoms with Crippen LogP contribution in [0.2, 0.25) is 0 Å². The molecule has 1 aliphatic rings. The van der Waals surface area contributed by atoms with E-state index < -0.39 is 0 Å². The van der Waals surface area contributed by atoms with E-state index in [4.69, 9.17) is 4.74 Å². The van der Waals surface area contributed by atoms with E-state index in [2.05, 4.69) is 12.1 Å². The third-order valence-electron chi connectivity index (χ3n) is 3.80. The molecule has 1 atom stereocenters. The number of rotatable bonds is 6. The van der Waals surface area contributed by atoms with Crippen molar-refractivity contribution in [3.8, 4) is 5.75 Å². The van der Waals surface area contributed by atoms with Gasteiger partial charge in [-0.05, 0) is 49.3 Å². The highest BCUT2D eigenvalue weighted by atomic mass is 16.5. The van der Waals surface area contributed by atoms with Crippen LogP contribution in [0.1, 0.15) is 44.6 Å². The first-order valence-corrected chi connectivity index (χ1v) is 7.17. The van der Waals surface area contributed by atoms with Crippen LogP contribution in [0, 0.1) is 5.92 Å². The molecular weight excluding hydrogens is 224 g/mol. The van der Waals surface area contributed by atoms with Crippen LogP contribution in [-0.4, -0.2) is 17.8 Å². The first-order valence-electron chi connectivity index (χ1n) is 7.17. The number of aliphatic hydroxyl groups excluding tert-OH is 1. The Labute approximate surface area is 110 Å². The van der Waals surface area contributed by atoms with Crippen molar-refractivity contribution in [3.05, 3.63) is 29.8 Å². The Morgan fingerprint density at radius 3 is 2.83 bits per heavy atom. The molecule has 2 heteroatoms. The van der Waals surface area contributed by atoms with Gasteiger partial charge in [0.1, 0.15) is 5.75 Å². The number of aliphatic hydroxyl groups is 1. The van der Waals surface area contributed by atoms with Crippen LogP contribution in [0.5, 0.6) is 5.75 Å². The monoisotopic (exact) mass is 248 g/mol. The summed E-state index contributed by atoms with van der Waals surface area (Å²) in [4.78, 5) is 0. The van der Waals surface area contributed by atoms with Gasteiger partial charge in [-0.1, -0.05) is 31.9 Å². The second-order valence-electron chi connectivity index (χ2n) is 5.38. The number of hydrogen-bond acceptors (Lipinski definition) is 2. The van der Waals surface area contributed by atoms with Crippen LogP contribution < -0.4 is 4.74 Å². The van der Waals surface area contributed by atoms with Crippen molar-refractivity contribution in [1.29, 1.82) is 0 Å². The van der Waals surface area contributed by atoms with Gasteiger partial charge in [0.2, 0.25) is 0 Å². The number of hydrogen-bond donors (Lipinski definition) is 1. The maximum Gasteiger partial charge on any atom is 0.119 e. The van der Waals surface area contributed by atoms with Crippen molar-refractivity contribution < 1.29 is 9.84 Å². The summed E-state index contributed by atoms with van der Waals surface area (Å²) < 4.78 is 5.86. The summed E-state index contributed by atoms with van der Waals surface area (Å²) >= 11 is 0. The minimum absolute atomic E-state index is 0.241. The predicted molar refractivity (Wildman–Crippen MR) is 73.9 cm³/mol. The van der Waals surface area contributed by atoms with Crippen molar-refractivity contribution in [2.75, 3.05) is 6.61 Å². The highest BCUT2D eigenvalue weighted by molar-refractivity contribution is 5.28. The summed E-state index contributed by atoms with van der Waals surface area (Å²) in [7, 11) is 0. The summed E-state index contributed by atoms with van der Waals surface area (Å²) in [5, 5.41) is 9.66. The minimum Gasteiger partial charge on any atom is -0.493 e. The zero-order chi connectivity index (χ0) is 12.8. The molecule has 0 saturated heterocycles. The largest absolute Gasteiger partial charge is 0.493 e. The molecule has 1 aromatic carbocycles. The fourth-order valence-electron chi connectivity index (χ4n) is 2.57. The molecule has 0 bridgehead atoms. The summed E-state index contributed by atoms with van der Waals surface area (Å²) in [5.41, 5.74) is 1.16. The molecular formula is C16H24O2. The van der Waals surface area contributed by atoms with Gasteiger partial charge >= 0.3 is 0 Å². The Morgan fingerprint density at radius 1 is 1.33 bits per heavy atom. The van der Waals surface area contributed by atoms with Gasteiger partial charge in [0.25, 0.3) is 0 Å². The smallest absolute Gasteiger partial charge is 0.119 e. The Morgan fingerprint density at radius 2 is 2.11 bits per heavy atom. The van der Waals surface area contributed by atoms with Gasteiger partial charge in [-0.2, -0.15) is 0 Å². The summed E-state index contributed by atoms with van der Waals surface area (Å²) in [6, 6.07) is 8.15. The highest BCUT2D eigenvalue weighted by Gasteiger charge is 2.15. The van der Waals surface area contributed by atoms with Crippen molar-refractivity contribution in [2.45, 2.75) is 51.6 Å². The van der Waals surface area contributed by atoms with Crippen molar-refractivity contribution in [3.63, 3.8) is 0 Å². The lowest BCUT2D eigenvalue weighted by atomic mass is 10.1. The van der Waals surface area contributed by atoms with E-state index in [-0.39, 0.29) is 6.10 Å². The fraction of sp³-hybridized carbons (Fsp3) is 0.625. The average Bonchev–Trinajstić information content (AvgIpc) is 2.90. The Bertz CT molecular complexity index is 356. The molecule has 0 amide bonds. The van der Waals surface area contributed by atoms with Crippen LogP contribution in [-0.2, 0) is 6.42 Å². The van der Waals surface area contributed by atoms with E-state index in [0.29, 0.717) is 0 Å². The second kappa shape index (κ2) is 6.79. The molecule has 100 valence electrons. The molecule has 1 fully saturated rings. The van der Waals surface area contributed by atoms with E-state index in [1.807, 2.05) is 19.1 Å². The molecule has 1 saturated carbocycles. The predicted octanol–water partition coefficient (Wildman–Crippen LogP) is 3.57. The molecule has 0 heterocycles. The molecule has 18 heavy (non-hydrogen) atoms. The van der Waals surface area contributed by atoms with Crippen molar-refractivity contribution in [1.82, 2.24) is 0 Å². The van der Waals surface area contributed by atoms with Gasteiger partial charge in [0.05, 0.1) is 12.7 Å². The molecule has 1 N–H and O–H groups in total. The van der Waals surface area contributed by atoms with E-state index in [1.54, 1.807) is 0 Å². The second-order valence-corrected chi connectivity index (χ2v) is 5.38. The first-order chi connectivity index (χ1) is 8.78. The maximum absolute atomic E-state index is 9.66. The molecule has 1 aromatic rings. The van der Waals surface area contributed by atoms with Gasteiger partial charge in [-0.15, -0.1) is 0 Å². The lowest BCUT2D eigenvalue weighted by Gasteiger charge is -2.13. The van der Waals surface area contributed by atoms with E-state index >= 15 is 0 Å². The normalized spacial score (nSPS) is 17.9. The zero-order valence-electron chi connectivity index (χ0n) is 11.3. The zero-order valence-corrected chi connectivity index (χ0v) is 11.3. The lowest BCUT2D eigenvalue weighted by Crippen LogP contribution is -2.10. The molecule has 0 aromatic heterocycles. The topological polar surface area (TPSA) is 29.5 Å². The number of benzene rings is 1. The Kier molecular flexibility index (Phi) is 5.06. The average molecular weight is 248 g/mol. The van der Waals surface area contributed by atoms with E-state index in [9.17, 15) is 5.11 Å². The molecule has 0 aliphatic heterocycles. The number of ether oxygens (including phenoxy) is 1.